The number of nitrogens with one attached hydrogen (secondary N) is 1. The van der Waals surface area contributed by atoms with Crippen LogP contribution in [0.5, 0.6) is 0 Å². The summed E-state index contributed by atoms with van der Waals surface area (Å²) in [5.74, 6) is -0.445. The highest BCUT2D eigenvalue weighted by Crippen LogP contribution is 2.24. The number of nitrogens with two attached hydrogens (primary N) is 1. The first-order valence-corrected chi connectivity index (χ1v) is 6.84. The number of para-hydroxylation sites is 1. The first-order valence-electron chi connectivity index (χ1n) is 6.04. The predicted octanol–water partition coefficient (Wildman–Crippen LogP) is 2.87. The minimum Gasteiger partial charge on any atom is -0.393 e. The summed E-state index contributed by atoms with van der Waals surface area (Å²) >= 11 is 3.33. The quantitative estimate of drug-likeness (QED) is 0.503. The summed E-state index contributed by atoms with van der Waals surface area (Å²) in [5, 5.41) is 13.5. The zero-order chi connectivity index (χ0) is 15.4. The fourth-order valence-electron chi connectivity index (χ4n) is 1.79. The van der Waals surface area contributed by atoms with Gasteiger partial charge in [0, 0.05) is 17.1 Å². The van der Waals surface area contributed by atoms with Crippen LogP contribution in [0, 0.1) is 10.1 Å². The molecule has 0 atom stereocenters. The van der Waals surface area contributed by atoms with Crippen molar-refractivity contribution in [2.24, 2.45) is 0 Å². The number of amides is 1. The zero-order valence-corrected chi connectivity index (χ0v) is 12.5. The topological polar surface area (TPSA) is 98.3 Å². The molecule has 3 N–H and O–H groups in total. The molecule has 21 heavy (non-hydrogen) atoms. The number of anilines is 1. The number of hydrogen-bond acceptors (Lipinski definition) is 4. The number of hydrogen-bond donors (Lipinski definition) is 2. The van der Waals surface area contributed by atoms with E-state index in [2.05, 4.69) is 21.2 Å². The molecule has 108 valence electrons. The lowest BCUT2D eigenvalue weighted by Crippen LogP contribution is -2.24. The first-order chi connectivity index (χ1) is 9.99. The van der Waals surface area contributed by atoms with Gasteiger partial charge in [0.2, 0.25) is 0 Å². The Hall–Kier alpha value is -2.41. The number of nitrogens with zero attached hydrogens (tertiary/aromatic N) is 1. The normalized spacial score (nSPS) is 10.1. The molecule has 2 aromatic rings. The molecule has 0 heterocycles. The van der Waals surface area contributed by atoms with Gasteiger partial charge in [-0.05, 0) is 23.8 Å². The van der Waals surface area contributed by atoms with E-state index >= 15 is 0 Å². The van der Waals surface area contributed by atoms with E-state index in [9.17, 15) is 14.9 Å². The van der Waals surface area contributed by atoms with E-state index in [1.54, 1.807) is 0 Å². The Labute approximate surface area is 129 Å². The molecule has 0 radical (unpaired) electrons. The molecular weight excluding hydrogens is 338 g/mol. The number of carbonyl (C=O) groups is 1. The number of nitrogen functional groups attached to an aromatic ring is 1. The number of nitro groups is 1. The molecule has 0 fully saturated rings. The third-order valence-electron chi connectivity index (χ3n) is 2.89. The van der Waals surface area contributed by atoms with Crippen LogP contribution in [0.4, 0.5) is 11.4 Å². The maximum atomic E-state index is 12.1. The van der Waals surface area contributed by atoms with Crippen molar-refractivity contribution in [3.05, 3.63) is 68.2 Å². The van der Waals surface area contributed by atoms with Crippen molar-refractivity contribution in [1.29, 1.82) is 0 Å². The molecule has 0 aliphatic heterocycles. The first kappa shape index (κ1) is 15.0. The highest BCUT2D eigenvalue weighted by molar-refractivity contribution is 9.10. The van der Waals surface area contributed by atoms with E-state index < -0.39 is 10.8 Å². The third-order valence-corrected chi connectivity index (χ3v) is 3.42. The van der Waals surface area contributed by atoms with Gasteiger partial charge in [-0.2, -0.15) is 0 Å². The molecule has 2 rings (SSSR count). The highest BCUT2D eigenvalue weighted by atomic mass is 79.9. The summed E-state index contributed by atoms with van der Waals surface area (Å²) in [6, 6.07) is 11.6. The summed E-state index contributed by atoms with van der Waals surface area (Å²) in [7, 11) is 0. The van der Waals surface area contributed by atoms with Gasteiger partial charge in [0.05, 0.1) is 10.5 Å². The summed E-state index contributed by atoms with van der Waals surface area (Å²) in [4.78, 5) is 22.2. The van der Waals surface area contributed by atoms with Crippen LogP contribution in [0.3, 0.4) is 0 Å². The van der Waals surface area contributed by atoms with Gasteiger partial charge < -0.3 is 11.1 Å². The molecule has 0 aliphatic rings. The molecule has 0 aliphatic carbocycles. The second-order valence-corrected chi connectivity index (χ2v) is 5.22. The Morgan fingerprint density at radius 2 is 1.90 bits per heavy atom. The Morgan fingerprint density at radius 1 is 1.24 bits per heavy atom. The van der Waals surface area contributed by atoms with Gasteiger partial charge >= 0.3 is 0 Å². The molecule has 0 unspecified atom stereocenters. The van der Waals surface area contributed by atoms with Gasteiger partial charge in [-0.25, -0.2) is 0 Å². The zero-order valence-electron chi connectivity index (χ0n) is 10.9. The van der Waals surface area contributed by atoms with Crippen LogP contribution in [0.25, 0.3) is 0 Å². The Balaban J connectivity index is 2.12. The summed E-state index contributed by atoms with van der Waals surface area (Å²) < 4.78 is 0.945. The van der Waals surface area contributed by atoms with Crippen LogP contribution in [0.15, 0.2) is 46.9 Å². The van der Waals surface area contributed by atoms with E-state index in [4.69, 9.17) is 5.73 Å². The van der Waals surface area contributed by atoms with Gasteiger partial charge in [-0.15, -0.1) is 0 Å². The molecule has 0 saturated heterocycles. The van der Waals surface area contributed by atoms with E-state index in [0.717, 1.165) is 10.0 Å². The third kappa shape index (κ3) is 3.57. The summed E-state index contributed by atoms with van der Waals surface area (Å²) in [5.41, 5.74) is 6.28. The maximum Gasteiger partial charge on any atom is 0.292 e. The van der Waals surface area contributed by atoms with Crippen LogP contribution in [0.1, 0.15) is 15.9 Å². The van der Waals surface area contributed by atoms with Crippen molar-refractivity contribution in [3.63, 3.8) is 0 Å². The second kappa shape index (κ2) is 6.36. The Bertz CT molecular complexity index is 686. The second-order valence-electron chi connectivity index (χ2n) is 4.30. The lowest BCUT2D eigenvalue weighted by Gasteiger charge is -2.08. The Morgan fingerprint density at radius 3 is 2.52 bits per heavy atom. The van der Waals surface area contributed by atoms with E-state index in [1.807, 2.05) is 24.3 Å². The van der Waals surface area contributed by atoms with Crippen molar-refractivity contribution < 1.29 is 9.72 Å². The van der Waals surface area contributed by atoms with Gasteiger partial charge in [0.1, 0.15) is 5.69 Å². The van der Waals surface area contributed by atoms with Crippen molar-refractivity contribution in [1.82, 2.24) is 5.32 Å². The molecule has 6 nitrogen and oxygen atoms in total. The summed E-state index contributed by atoms with van der Waals surface area (Å²) in [6.45, 7) is 0.314. The van der Waals surface area contributed by atoms with Crippen molar-refractivity contribution in [2.75, 3.05) is 5.73 Å². The van der Waals surface area contributed by atoms with Crippen molar-refractivity contribution in [3.8, 4) is 0 Å². The Kier molecular flexibility index (Phi) is 4.54. The van der Waals surface area contributed by atoms with Gasteiger partial charge in [0.15, 0.2) is 0 Å². The molecule has 2 aromatic carbocycles. The molecule has 0 saturated carbocycles. The van der Waals surface area contributed by atoms with E-state index in [-0.39, 0.29) is 16.9 Å². The average Bonchev–Trinajstić information content (AvgIpc) is 2.46. The SMILES string of the molecule is Nc1c(C(=O)NCc2ccc(Br)cc2)cccc1[N+](=O)[O-]. The lowest BCUT2D eigenvalue weighted by molar-refractivity contribution is -0.383. The van der Waals surface area contributed by atoms with Crippen LogP contribution in [0.2, 0.25) is 0 Å². The predicted molar refractivity (Wildman–Crippen MR) is 82.8 cm³/mol. The number of benzene rings is 2. The maximum absolute atomic E-state index is 12.1. The lowest BCUT2D eigenvalue weighted by atomic mass is 10.1. The smallest absolute Gasteiger partial charge is 0.292 e. The van der Waals surface area contributed by atoms with Gasteiger partial charge in [0.25, 0.3) is 11.6 Å². The number of nitro benzene ring substituents is 1. The van der Waals surface area contributed by atoms with E-state index in [0.29, 0.717) is 6.54 Å². The number of carbonyl (C=O) groups excluding carboxylic acids is 1. The number of rotatable bonds is 4. The highest BCUT2D eigenvalue weighted by Gasteiger charge is 2.18. The molecular formula is C14H12BrN3O3. The minimum atomic E-state index is -0.610. The molecule has 0 bridgehead atoms. The van der Waals surface area contributed by atoms with Gasteiger partial charge in [-0.1, -0.05) is 34.1 Å². The minimum absolute atomic E-state index is 0.0984. The van der Waals surface area contributed by atoms with Crippen molar-refractivity contribution >= 4 is 33.2 Å². The standard InChI is InChI=1S/C14H12BrN3O3/c15-10-6-4-9(5-7-10)8-17-14(19)11-2-1-3-12(13(11)16)18(20)21/h1-7H,8,16H2,(H,17,19). The fourth-order valence-corrected chi connectivity index (χ4v) is 2.05. The number of halogens is 1. The van der Waals surface area contributed by atoms with Crippen LogP contribution in [-0.2, 0) is 6.54 Å². The molecule has 0 spiro atoms. The fraction of sp³-hybridized carbons (Fsp3) is 0.0714. The average molecular weight is 350 g/mol. The monoisotopic (exact) mass is 349 g/mol. The largest absolute Gasteiger partial charge is 0.393 e. The molecule has 0 aromatic heterocycles. The van der Waals surface area contributed by atoms with Crippen LogP contribution in [-0.4, -0.2) is 10.8 Å². The molecule has 1 amide bonds. The van der Waals surface area contributed by atoms with Crippen molar-refractivity contribution in [2.45, 2.75) is 6.54 Å². The molecule has 7 heteroatoms. The van der Waals surface area contributed by atoms with Crippen LogP contribution < -0.4 is 11.1 Å². The van der Waals surface area contributed by atoms with E-state index in [1.165, 1.54) is 18.2 Å². The van der Waals surface area contributed by atoms with Crippen LogP contribution >= 0.6 is 15.9 Å². The summed E-state index contributed by atoms with van der Waals surface area (Å²) in [6.07, 6.45) is 0. The van der Waals surface area contributed by atoms with Gasteiger partial charge in [-0.3, -0.25) is 14.9 Å².